The lowest BCUT2D eigenvalue weighted by Gasteiger charge is -2.34. The highest BCUT2D eigenvalue weighted by molar-refractivity contribution is 5.88. The Bertz CT molecular complexity index is 276. The Balaban J connectivity index is 2.56. The first-order valence-electron chi connectivity index (χ1n) is 6.32. The lowest BCUT2D eigenvalue weighted by Crippen LogP contribution is -2.45. The second-order valence-electron chi connectivity index (χ2n) is 4.21. The third kappa shape index (κ3) is 4.13. The van der Waals surface area contributed by atoms with E-state index >= 15 is 0 Å². The molecule has 1 rings (SSSR count). The first kappa shape index (κ1) is 14.2. The molecule has 1 aliphatic rings. The van der Waals surface area contributed by atoms with Crippen LogP contribution in [0.1, 0.15) is 26.7 Å². The van der Waals surface area contributed by atoms with Crippen LogP contribution in [0.25, 0.3) is 0 Å². The van der Waals surface area contributed by atoms with Crippen molar-refractivity contribution < 1.29 is 14.3 Å². The minimum Gasteiger partial charge on any atom is -0.466 e. The number of methoxy groups -OCH3 is 1. The molecule has 1 saturated heterocycles. The number of ether oxygens (including phenoxy) is 2. The normalized spacial score (nSPS) is 22.5. The number of carbonyl (C=O) groups excluding carboxylic acids is 1. The summed E-state index contributed by atoms with van der Waals surface area (Å²) in [6, 6.07) is 0.468. The van der Waals surface area contributed by atoms with E-state index in [-0.39, 0.29) is 5.97 Å². The van der Waals surface area contributed by atoms with Crippen molar-refractivity contribution in [2.24, 2.45) is 0 Å². The maximum Gasteiger partial charge on any atom is 0.333 e. The SMILES string of the molecule is CCC(=CCN1CCOCC1CC)C(=O)OC. The van der Waals surface area contributed by atoms with Crippen molar-refractivity contribution in [1.29, 1.82) is 0 Å². The van der Waals surface area contributed by atoms with Crippen LogP contribution in [0.15, 0.2) is 11.6 Å². The monoisotopic (exact) mass is 241 g/mol. The largest absolute Gasteiger partial charge is 0.466 e. The second-order valence-corrected chi connectivity index (χ2v) is 4.21. The Morgan fingerprint density at radius 2 is 2.29 bits per heavy atom. The maximum atomic E-state index is 11.4. The molecule has 0 bridgehead atoms. The Morgan fingerprint density at radius 1 is 1.53 bits per heavy atom. The minimum atomic E-state index is -0.214. The summed E-state index contributed by atoms with van der Waals surface area (Å²) in [6.45, 7) is 7.46. The van der Waals surface area contributed by atoms with Crippen LogP contribution >= 0.6 is 0 Å². The van der Waals surface area contributed by atoms with Gasteiger partial charge in [0, 0.05) is 24.7 Å². The molecule has 0 aliphatic carbocycles. The summed E-state index contributed by atoms with van der Waals surface area (Å²) in [4.78, 5) is 13.8. The topological polar surface area (TPSA) is 38.8 Å². The van der Waals surface area contributed by atoms with Gasteiger partial charge < -0.3 is 9.47 Å². The molecule has 1 unspecified atom stereocenters. The molecule has 0 saturated carbocycles. The third-order valence-corrected chi connectivity index (χ3v) is 3.22. The zero-order valence-electron chi connectivity index (χ0n) is 11.1. The number of rotatable bonds is 5. The predicted octanol–water partition coefficient (Wildman–Crippen LogP) is 1.61. The smallest absolute Gasteiger partial charge is 0.333 e. The number of carbonyl (C=O) groups is 1. The lowest BCUT2D eigenvalue weighted by atomic mass is 10.1. The molecule has 1 fully saturated rings. The summed E-state index contributed by atoms with van der Waals surface area (Å²) in [5.41, 5.74) is 0.758. The van der Waals surface area contributed by atoms with Gasteiger partial charge in [-0.3, -0.25) is 4.90 Å². The van der Waals surface area contributed by atoms with E-state index in [1.165, 1.54) is 7.11 Å². The molecule has 98 valence electrons. The van der Waals surface area contributed by atoms with E-state index < -0.39 is 0 Å². The fourth-order valence-electron chi connectivity index (χ4n) is 2.04. The van der Waals surface area contributed by atoms with Gasteiger partial charge in [0.1, 0.15) is 0 Å². The molecule has 0 spiro atoms. The Morgan fingerprint density at radius 3 is 2.88 bits per heavy atom. The number of morpholine rings is 1. The van der Waals surface area contributed by atoms with Gasteiger partial charge in [-0.2, -0.15) is 0 Å². The van der Waals surface area contributed by atoms with Crippen LogP contribution in [-0.2, 0) is 14.3 Å². The molecule has 4 heteroatoms. The van der Waals surface area contributed by atoms with Gasteiger partial charge in [-0.05, 0) is 12.8 Å². The average molecular weight is 241 g/mol. The highest BCUT2D eigenvalue weighted by Crippen LogP contribution is 2.11. The van der Waals surface area contributed by atoms with Gasteiger partial charge in [0.25, 0.3) is 0 Å². The molecule has 0 aromatic carbocycles. The average Bonchev–Trinajstić information content (AvgIpc) is 2.39. The summed E-state index contributed by atoms with van der Waals surface area (Å²) < 4.78 is 10.2. The van der Waals surface area contributed by atoms with E-state index in [9.17, 15) is 4.79 Å². The molecule has 0 amide bonds. The maximum absolute atomic E-state index is 11.4. The van der Waals surface area contributed by atoms with Gasteiger partial charge >= 0.3 is 5.97 Å². The molecule has 1 atom stereocenters. The predicted molar refractivity (Wildman–Crippen MR) is 66.9 cm³/mol. The standard InChI is InChI=1S/C13H23NO3/c1-4-11(13(15)16-3)6-7-14-8-9-17-10-12(14)5-2/h6,12H,4-5,7-10H2,1-3H3. The van der Waals surface area contributed by atoms with Crippen molar-refractivity contribution >= 4 is 5.97 Å². The van der Waals surface area contributed by atoms with Gasteiger partial charge in [-0.1, -0.05) is 19.9 Å². The molecule has 1 aliphatic heterocycles. The Hall–Kier alpha value is -0.870. The molecular formula is C13H23NO3. The quantitative estimate of drug-likeness (QED) is 0.541. The van der Waals surface area contributed by atoms with Crippen LogP contribution < -0.4 is 0 Å². The summed E-state index contributed by atoms with van der Waals surface area (Å²) in [7, 11) is 1.43. The highest BCUT2D eigenvalue weighted by Gasteiger charge is 2.20. The Kier molecular flexibility index (Phi) is 6.22. The Labute approximate surface area is 104 Å². The number of hydrogen-bond donors (Lipinski definition) is 0. The first-order valence-corrected chi connectivity index (χ1v) is 6.32. The highest BCUT2D eigenvalue weighted by atomic mass is 16.5. The van der Waals surface area contributed by atoms with Crippen LogP contribution in [0, 0.1) is 0 Å². The van der Waals surface area contributed by atoms with Gasteiger partial charge in [-0.25, -0.2) is 4.79 Å². The lowest BCUT2D eigenvalue weighted by molar-refractivity contribution is -0.136. The third-order valence-electron chi connectivity index (χ3n) is 3.22. The summed E-state index contributed by atoms with van der Waals surface area (Å²) in [5, 5.41) is 0. The van der Waals surface area contributed by atoms with Crippen LogP contribution in [0.2, 0.25) is 0 Å². The molecule has 0 aromatic heterocycles. The summed E-state index contributed by atoms with van der Waals surface area (Å²) >= 11 is 0. The number of esters is 1. The van der Waals surface area contributed by atoms with Gasteiger partial charge in [0.15, 0.2) is 0 Å². The van der Waals surface area contributed by atoms with Crippen LogP contribution in [0.3, 0.4) is 0 Å². The van der Waals surface area contributed by atoms with Gasteiger partial charge in [0.05, 0.1) is 20.3 Å². The molecule has 0 aromatic rings. The van der Waals surface area contributed by atoms with Crippen molar-refractivity contribution in [1.82, 2.24) is 4.90 Å². The van der Waals surface area contributed by atoms with Crippen molar-refractivity contribution in [3.8, 4) is 0 Å². The van der Waals surface area contributed by atoms with Gasteiger partial charge in [-0.15, -0.1) is 0 Å². The zero-order chi connectivity index (χ0) is 12.7. The number of hydrogen-bond acceptors (Lipinski definition) is 4. The van der Waals surface area contributed by atoms with Crippen molar-refractivity contribution in [2.75, 3.05) is 33.4 Å². The molecule has 0 N–H and O–H groups in total. The van der Waals surface area contributed by atoms with E-state index in [2.05, 4.69) is 11.8 Å². The number of nitrogens with zero attached hydrogens (tertiary/aromatic N) is 1. The molecule has 0 radical (unpaired) electrons. The van der Waals surface area contributed by atoms with Crippen molar-refractivity contribution in [2.45, 2.75) is 32.7 Å². The molecule has 1 heterocycles. The molecule has 4 nitrogen and oxygen atoms in total. The van der Waals surface area contributed by atoms with E-state index in [1.807, 2.05) is 13.0 Å². The zero-order valence-corrected chi connectivity index (χ0v) is 11.1. The van der Waals surface area contributed by atoms with Crippen molar-refractivity contribution in [3.05, 3.63) is 11.6 Å². The minimum absolute atomic E-state index is 0.214. The van der Waals surface area contributed by atoms with E-state index in [0.717, 1.165) is 38.3 Å². The summed E-state index contributed by atoms with van der Waals surface area (Å²) in [5.74, 6) is -0.214. The fraction of sp³-hybridized carbons (Fsp3) is 0.769. The molecule has 17 heavy (non-hydrogen) atoms. The van der Waals surface area contributed by atoms with Crippen LogP contribution in [0.4, 0.5) is 0 Å². The van der Waals surface area contributed by atoms with Gasteiger partial charge in [0.2, 0.25) is 0 Å². The first-order chi connectivity index (χ1) is 8.22. The van der Waals surface area contributed by atoms with Crippen LogP contribution in [0.5, 0.6) is 0 Å². The van der Waals surface area contributed by atoms with E-state index in [0.29, 0.717) is 12.5 Å². The second kappa shape index (κ2) is 7.45. The van der Waals surface area contributed by atoms with E-state index in [4.69, 9.17) is 9.47 Å². The molecular weight excluding hydrogens is 218 g/mol. The van der Waals surface area contributed by atoms with Crippen molar-refractivity contribution in [3.63, 3.8) is 0 Å². The van der Waals surface area contributed by atoms with E-state index in [1.54, 1.807) is 0 Å². The fourth-order valence-corrected chi connectivity index (χ4v) is 2.04. The van der Waals surface area contributed by atoms with Crippen LogP contribution in [-0.4, -0.2) is 50.3 Å². The summed E-state index contributed by atoms with van der Waals surface area (Å²) in [6.07, 6.45) is 3.78.